The van der Waals surface area contributed by atoms with Gasteiger partial charge >= 0.3 is 0 Å². The van der Waals surface area contributed by atoms with Gasteiger partial charge in [-0.2, -0.15) is 0 Å². The molecule has 1 N–H and O–H groups in total. The smallest absolute Gasteiger partial charge is 0.229 e. The molecule has 1 unspecified atom stereocenters. The minimum Gasteiger partial charge on any atom is -0.326 e. The molecule has 2 aromatic rings. The van der Waals surface area contributed by atoms with Crippen LogP contribution in [0.4, 0.5) is 11.4 Å². The van der Waals surface area contributed by atoms with Gasteiger partial charge in [-0.25, -0.2) is 0 Å². The van der Waals surface area contributed by atoms with Gasteiger partial charge in [0.25, 0.3) is 0 Å². The number of halogens is 3. The summed E-state index contributed by atoms with van der Waals surface area (Å²) in [7, 11) is 0. The maximum atomic E-state index is 12.5. The van der Waals surface area contributed by atoms with E-state index in [-0.39, 0.29) is 24.8 Å². The summed E-state index contributed by atoms with van der Waals surface area (Å²) in [5.74, 6) is -0.794. The van der Waals surface area contributed by atoms with Crippen LogP contribution in [0.15, 0.2) is 36.4 Å². The van der Waals surface area contributed by atoms with E-state index in [1.165, 1.54) is 4.90 Å². The number of carbonyl (C=O) groups is 2. The van der Waals surface area contributed by atoms with Crippen LogP contribution in [0.2, 0.25) is 15.1 Å². The van der Waals surface area contributed by atoms with Crippen molar-refractivity contribution in [3.8, 4) is 0 Å². The number of carbonyl (C=O) groups excluding carboxylic acids is 2. The Morgan fingerprint density at radius 1 is 1.12 bits per heavy atom. The number of benzene rings is 2. The molecule has 1 fully saturated rings. The Bertz CT molecular complexity index is 854. The summed E-state index contributed by atoms with van der Waals surface area (Å²) in [4.78, 5) is 26.4. The Morgan fingerprint density at radius 3 is 2.48 bits per heavy atom. The second-order valence-electron chi connectivity index (χ2n) is 5.95. The van der Waals surface area contributed by atoms with Crippen LogP contribution in [-0.4, -0.2) is 18.4 Å². The zero-order valence-electron chi connectivity index (χ0n) is 13.4. The maximum Gasteiger partial charge on any atom is 0.229 e. The number of nitrogens with one attached hydrogen (secondary N) is 1. The van der Waals surface area contributed by atoms with E-state index >= 15 is 0 Å². The summed E-state index contributed by atoms with van der Waals surface area (Å²) in [5, 5.41) is 4.35. The fourth-order valence-corrected chi connectivity index (χ4v) is 3.56. The Kier molecular flexibility index (Phi) is 5.23. The summed E-state index contributed by atoms with van der Waals surface area (Å²) >= 11 is 18.0. The largest absolute Gasteiger partial charge is 0.326 e. The molecule has 130 valence electrons. The third-order valence-corrected chi connectivity index (χ3v) is 4.92. The summed E-state index contributed by atoms with van der Waals surface area (Å²) < 4.78 is 0. The first-order valence-corrected chi connectivity index (χ1v) is 8.81. The van der Waals surface area contributed by atoms with Crippen molar-refractivity contribution in [3.63, 3.8) is 0 Å². The van der Waals surface area contributed by atoms with Crippen LogP contribution >= 0.6 is 34.8 Å². The highest BCUT2D eigenvalue weighted by molar-refractivity contribution is 6.36. The molecule has 0 saturated carbocycles. The molecule has 0 aliphatic carbocycles. The average molecular weight is 398 g/mol. The molecule has 1 atom stereocenters. The van der Waals surface area contributed by atoms with Gasteiger partial charge in [0.05, 0.1) is 16.6 Å². The molecule has 1 aliphatic rings. The lowest BCUT2D eigenvalue weighted by molar-refractivity contribution is -0.122. The predicted molar refractivity (Wildman–Crippen MR) is 102 cm³/mol. The fourth-order valence-electron chi connectivity index (χ4n) is 2.82. The molecule has 25 heavy (non-hydrogen) atoms. The number of hydrogen-bond donors (Lipinski definition) is 1. The van der Waals surface area contributed by atoms with Gasteiger partial charge in [0.1, 0.15) is 0 Å². The standard InChI is InChI=1S/C18H15Cl3N2O2/c1-10-6-12(19)2-4-15(10)22-18(25)11-7-17(24)23(9-11)16-5-3-13(20)8-14(16)21/h2-6,8,11H,7,9H2,1H3,(H,22,25). The lowest BCUT2D eigenvalue weighted by Gasteiger charge is -2.18. The fraction of sp³-hybridized carbons (Fsp3) is 0.222. The highest BCUT2D eigenvalue weighted by atomic mass is 35.5. The van der Waals surface area contributed by atoms with Gasteiger partial charge in [0, 0.05) is 28.7 Å². The van der Waals surface area contributed by atoms with Crippen molar-refractivity contribution in [1.82, 2.24) is 0 Å². The Morgan fingerprint density at radius 2 is 1.80 bits per heavy atom. The van der Waals surface area contributed by atoms with Gasteiger partial charge in [-0.05, 0) is 48.9 Å². The molecule has 3 rings (SSSR count). The van der Waals surface area contributed by atoms with Crippen molar-refractivity contribution in [2.45, 2.75) is 13.3 Å². The molecule has 0 bridgehead atoms. The lowest BCUT2D eigenvalue weighted by Crippen LogP contribution is -2.28. The van der Waals surface area contributed by atoms with Crippen LogP contribution in [0.1, 0.15) is 12.0 Å². The molecule has 4 nitrogen and oxygen atoms in total. The summed E-state index contributed by atoms with van der Waals surface area (Å²) in [6, 6.07) is 10.2. The summed E-state index contributed by atoms with van der Waals surface area (Å²) in [6.07, 6.45) is 0.136. The normalized spacial score (nSPS) is 17.0. The molecule has 2 amide bonds. The molecule has 1 heterocycles. The Labute approximate surface area is 160 Å². The van der Waals surface area contributed by atoms with Gasteiger partial charge in [0.2, 0.25) is 11.8 Å². The van der Waals surface area contributed by atoms with Crippen molar-refractivity contribution in [2.75, 3.05) is 16.8 Å². The molecular formula is C18H15Cl3N2O2. The summed E-state index contributed by atoms with van der Waals surface area (Å²) in [6.45, 7) is 2.14. The van der Waals surface area contributed by atoms with E-state index in [0.29, 0.717) is 26.4 Å². The van der Waals surface area contributed by atoms with Crippen LogP contribution in [-0.2, 0) is 9.59 Å². The van der Waals surface area contributed by atoms with Crippen molar-refractivity contribution < 1.29 is 9.59 Å². The maximum absolute atomic E-state index is 12.5. The third kappa shape index (κ3) is 3.92. The van der Waals surface area contributed by atoms with Crippen LogP contribution < -0.4 is 10.2 Å². The first-order chi connectivity index (χ1) is 11.8. The topological polar surface area (TPSA) is 49.4 Å². The molecule has 2 aromatic carbocycles. The number of anilines is 2. The molecular weight excluding hydrogens is 383 g/mol. The monoisotopic (exact) mass is 396 g/mol. The second kappa shape index (κ2) is 7.24. The van der Waals surface area contributed by atoms with E-state index in [0.717, 1.165) is 5.56 Å². The quantitative estimate of drug-likeness (QED) is 0.797. The van der Waals surface area contributed by atoms with Gasteiger partial charge in [0.15, 0.2) is 0 Å². The van der Waals surface area contributed by atoms with Gasteiger partial charge in [-0.3, -0.25) is 9.59 Å². The average Bonchev–Trinajstić information content (AvgIpc) is 2.92. The van der Waals surface area contributed by atoms with Crippen molar-refractivity contribution in [3.05, 3.63) is 57.0 Å². The second-order valence-corrected chi connectivity index (χ2v) is 7.23. The molecule has 1 aliphatic heterocycles. The zero-order chi connectivity index (χ0) is 18.1. The Balaban J connectivity index is 1.74. The highest BCUT2D eigenvalue weighted by Gasteiger charge is 2.36. The van der Waals surface area contributed by atoms with Gasteiger partial charge in [-0.1, -0.05) is 34.8 Å². The van der Waals surface area contributed by atoms with Crippen molar-refractivity contribution >= 4 is 58.0 Å². The van der Waals surface area contributed by atoms with Crippen molar-refractivity contribution in [2.24, 2.45) is 5.92 Å². The van der Waals surface area contributed by atoms with Crippen LogP contribution in [0.5, 0.6) is 0 Å². The van der Waals surface area contributed by atoms with Crippen LogP contribution in [0.3, 0.4) is 0 Å². The minimum absolute atomic E-state index is 0.136. The van der Waals surface area contributed by atoms with E-state index in [4.69, 9.17) is 34.8 Å². The number of hydrogen-bond acceptors (Lipinski definition) is 2. The highest BCUT2D eigenvalue weighted by Crippen LogP contribution is 2.33. The van der Waals surface area contributed by atoms with Crippen LogP contribution in [0, 0.1) is 12.8 Å². The van der Waals surface area contributed by atoms with Crippen molar-refractivity contribution in [1.29, 1.82) is 0 Å². The van der Waals surface area contributed by atoms with E-state index < -0.39 is 5.92 Å². The molecule has 1 saturated heterocycles. The summed E-state index contributed by atoms with van der Waals surface area (Å²) in [5.41, 5.74) is 2.11. The van der Waals surface area contributed by atoms with Gasteiger partial charge < -0.3 is 10.2 Å². The third-order valence-electron chi connectivity index (χ3n) is 4.14. The minimum atomic E-state index is -0.450. The lowest BCUT2D eigenvalue weighted by atomic mass is 10.1. The van der Waals surface area contributed by atoms with E-state index in [1.807, 2.05) is 6.92 Å². The molecule has 0 spiro atoms. The van der Waals surface area contributed by atoms with Gasteiger partial charge in [-0.15, -0.1) is 0 Å². The van der Waals surface area contributed by atoms with Crippen LogP contribution in [0.25, 0.3) is 0 Å². The Hall–Kier alpha value is -1.75. The van der Waals surface area contributed by atoms with E-state index in [1.54, 1.807) is 36.4 Å². The first-order valence-electron chi connectivity index (χ1n) is 7.67. The number of nitrogens with zero attached hydrogens (tertiary/aromatic N) is 1. The molecule has 7 heteroatoms. The SMILES string of the molecule is Cc1cc(Cl)ccc1NC(=O)C1CC(=O)N(c2ccc(Cl)cc2Cl)C1. The first kappa shape index (κ1) is 18.1. The zero-order valence-corrected chi connectivity index (χ0v) is 15.6. The number of aryl methyl sites for hydroxylation is 1. The van der Waals surface area contributed by atoms with E-state index in [9.17, 15) is 9.59 Å². The number of amides is 2. The molecule has 0 radical (unpaired) electrons. The number of rotatable bonds is 3. The van der Waals surface area contributed by atoms with E-state index in [2.05, 4.69) is 5.32 Å². The molecule has 0 aromatic heterocycles. The predicted octanol–water partition coefficient (Wildman–Crippen LogP) is 4.95.